The molecule has 9 aromatic rings. The molecular formula is C62H61Br2ClN6O6Si2. The standard InChI is InChI=1S/C31H31BrClN3O3Si.C31H30BrN3O3Si/c1-31(2,3)40(4,5)39-19-12-11-18(15-19)36-16-22(20-8-6-7-9-24(20)36)26-27(30(38)35-29(26)37)25-21-14-17(32)10-13-23(21)34-28(25)33;1-31(2,3)39(4,5)38-18-12-11-17(15-18)35-22-9-7-6-8-19(22)24-26-25(29(36)34-30(26)37)23-20-14-16(32)10-13-21(20)33-27(23)28(24)35/h6-14,16,18-19,34H,15H2,1-5H3,(H,35,37,38);6-14,17-18,33H,15H2,1-5H3,(H,34,36,37)/t18-,19+;17-,18+/m00/s1. The van der Waals surface area contributed by atoms with Gasteiger partial charge in [0.25, 0.3) is 23.6 Å². The molecule has 4 amide bonds. The molecule has 0 unspecified atom stereocenters. The van der Waals surface area contributed by atoms with Gasteiger partial charge in [-0.1, -0.05) is 146 Å². The third-order valence-corrected chi connectivity index (χ3v) is 27.8. The van der Waals surface area contributed by atoms with Crippen molar-refractivity contribution in [2.45, 2.75) is 115 Å². The number of halogens is 3. The summed E-state index contributed by atoms with van der Waals surface area (Å²) >= 11 is 13.8. The third kappa shape index (κ3) is 8.79. The van der Waals surface area contributed by atoms with Crippen LogP contribution in [0.1, 0.15) is 98.3 Å². The van der Waals surface area contributed by atoms with Gasteiger partial charge in [0.1, 0.15) is 5.15 Å². The molecule has 13 rings (SSSR count). The highest BCUT2D eigenvalue weighted by Crippen LogP contribution is 2.49. The zero-order valence-corrected chi connectivity index (χ0v) is 51.6. The topological polar surface area (TPSA) is 152 Å². The van der Waals surface area contributed by atoms with E-state index < -0.39 is 28.4 Å². The van der Waals surface area contributed by atoms with Gasteiger partial charge in [-0.2, -0.15) is 0 Å². The number of aromatic amines is 2. The Labute approximate surface area is 481 Å². The number of nitrogens with zero attached hydrogens (tertiary/aromatic N) is 2. The first-order valence-corrected chi connectivity index (χ1v) is 34.5. The van der Waals surface area contributed by atoms with E-state index in [4.69, 9.17) is 20.5 Å². The molecule has 0 fully saturated rings. The molecule has 12 nitrogen and oxygen atoms in total. The molecule has 2 aliphatic carbocycles. The van der Waals surface area contributed by atoms with Gasteiger partial charge >= 0.3 is 0 Å². The highest BCUT2D eigenvalue weighted by atomic mass is 79.9. The fraction of sp³-hybridized carbons (Fsp3) is 0.290. The number of carbonyl (C=O) groups excluding carboxylic acids is 4. The summed E-state index contributed by atoms with van der Waals surface area (Å²) < 4.78 is 19.8. The molecule has 79 heavy (non-hydrogen) atoms. The Morgan fingerprint density at radius 2 is 1.09 bits per heavy atom. The SMILES string of the molecule is CC(C)(C)[Si](C)(C)O[C@@H]1C=C[C@H](n2c3ccccc3c3c4c(c5c6cc(Br)ccc6[nH]c5c32)C(=O)NC4=O)C1.CC(C)(C)[Si](C)(C)O[C@@H]1C=C[C@H](n2cc(C3=C(c4c(Cl)[nH]c5ccc(Br)cc45)C(=O)NC3=O)c3ccccc32)C1. The molecule has 0 radical (unpaired) electrons. The number of imide groups is 2. The highest BCUT2D eigenvalue weighted by Gasteiger charge is 2.43. The van der Waals surface area contributed by atoms with Crippen molar-refractivity contribution in [2.75, 3.05) is 0 Å². The van der Waals surface area contributed by atoms with Crippen LogP contribution in [0, 0.1) is 0 Å². The van der Waals surface area contributed by atoms with Gasteiger partial charge in [0, 0.05) is 93.5 Å². The van der Waals surface area contributed by atoms with E-state index in [1.54, 1.807) is 0 Å². The quantitative estimate of drug-likeness (QED) is 0.0675. The predicted molar refractivity (Wildman–Crippen MR) is 331 cm³/mol. The molecule has 4 aromatic heterocycles. The van der Waals surface area contributed by atoms with Crippen molar-refractivity contribution in [2.24, 2.45) is 0 Å². The van der Waals surface area contributed by atoms with Crippen LogP contribution in [0.25, 0.3) is 76.6 Å². The molecule has 6 heterocycles. The number of amides is 4. The van der Waals surface area contributed by atoms with Gasteiger partial charge in [0.2, 0.25) is 0 Å². The van der Waals surface area contributed by atoms with Crippen molar-refractivity contribution in [1.82, 2.24) is 29.7 Å². The van der Waals surface area contributed by atoms with E-state index in [0.29, 0.717) is 33.0 Å². The van der Waals surface area contributed by atoms with E-state index in [9.17, 15) is 19.2 Å². The fourth-order valence-electron chi connectivity index (χ4n) is 11.6. The van der Waals surface area contributed by atoms with Crippen LogP contribution < -0.4 is 10.6 Å². The summed E-state index contributed by atoms with van der Waals surface area (Å²) in [6.07, 6.45) is 12.5. The molecular weight excluding hydrogens is 1180 g/mol. The molecule has 17 heteroatoms. The Balaban J connectivity index is 0.000000158. The maximum Gasteiger partial charge on any atom is 0.259 e. The van der Waals surface area contributed by atoms with Gasteiger partial charge in [-0.15, -0.1) is 0 Å². The van der Waals surface area contributed by atoms with Crippen LogP contribution in [0.5, 0.6) is 0 Å². The van der Waals surface area contributed by atoms with E-state index in [1.165, 1.54) is 0 Å². The number of para-hydroxylation sites is 2. The normalized spacial score (nSPS) is 19.9. The number of nitrogens with one attached hydrogen (secondary N) is 4. The number of hydrogen-bond acceptors (Lipinski definition) is 6. The number of hydrogen-bond donors (Lipinski definition) is 4. The number of fused-ring (bicyclic) bond motifs is 12. The van der Waals surface area contributed by atoms with E-state index in [1.807, 2.05) is 72.9 Å². The Bertz CT molecular complexity index is 4240. The summed E-state index contributed by atoms with van der Waals surface area (Å²) in [6, 6.07) is 28.0. The van der Waals surface area contributed by atoms with E-state index in [0.717, 1.165) is 87.2 Å². The van der Waals surface area contributed by atoms with Gasteiger partial charge in [-0.25, -0.2) is 0 Å². The number of rotatable bonds is 8. The average molecular weight is 1240 g/mol. The maximum atomic E-state index is 13.4. The second-order valence-electron chi connectivity index (χ2n) is 24.4. The van der Waals surface area contributed by atoms with Gasteiger partial charge in [0.05, 0.1) is 57.6 Å². The summed E-state index contributed by atoms with van der Waals surface area (Å²) in [5, 5.41) is 10.8. The fourth-order valence-corrected chi connectivity index (χ4v) is 15.2. The number of H-pyrrole nitrogens is 2. The lowest BCUT2D eigenvalue weighted by molar-refractivity contribution is -0.122. The molecule has 0 spiro atoms. The zero-order chi connectivity index (χ0) is 56.0. The monoisotopic (exact) mass is 1230 g/mol. The lowest BCUT2D eigenvalue weighted by Gasteiger charge is -2.38. The average Bonchev–Trinajstić information content (AvgIpc) is 2.91. The van der Waals surface area contributed by atoms with Crippen molar-refractivity contribution in [3.8, 4) is 0 Å². The lowest BCUT2D eigenvalue weighted by atomic mass is 9.95. The minimum Gasteiger partial charge on any atom is -0.410 e. The zero-order valence-electron chi connectivity index (χ0n) is 45.7. The van der Waals surface area contributed by atoms with Crippen molar-refractivity contribution >= 4 is 160 Å². The first-order valence-electron chi connectivity index (χ1n) is 26.8. The Kier molecular flexibility index (Phi) is 12.9. The van der Waals surface area contributed by atoms with Gasteiger partial charge in [-0.05, 0) is 84.8 Å². The van der Waals surface area contributed by atoms with Crippen LogP contribution in [-0.4, -0.2) is 71.6 Å². The molecule has 4 N–H and O–H groups in total. The first kappa shape index (κ1) is 53.5. The molecule has 0 bridgehead atoms. The van der Waals surface area contributed by atoms with Crippen LogP contribution in [0.3, 0.4) is 0 Å². The summed E-state index contributed by atoms with van der Waals surface area (Å²) in [4.78, 5) is 60.0. The summed E-state index contributed by atoms with van der Waals surface area (Å²) in [6.45, 7) is 22.7. The van der Waals surface area contributed by atoms with Crippen LogP contribution in [-0.2, 0) is 18.4 Å². The van der Waals surface area contributed by atoms with Crippen LogP contribution in [0.4, 0.5) is 0 Å². The number of benzene rings is 5. The number of allylic oxidation sites excluding steroid dienone is 2. The Hall–Kier alpha value is -6.12. The summed E-state index contributed by atoms with van der Waals surface area (Å²) in [5.41, 5.74) is 8.33. The van der Waals surface area contributed by atoms with Crippen LogP contribution in [0.2, 0.25) is 41.4 Å². The minimum absolute atomic E-state index is 0.0283. The van der Waals surface area contributed by atoms with E-state index in [-0.39, 0.29) is 51.8 Å². The van der Waals surface area contributed by atoms with Gasteiger partial charge in [-0.3, -0.25) is 29.8 Å². The van der Waals surface area contributed by atoms with Crippen molar-refractivity contribution < 1.29 is 28.0 Å². The lowest BCUT2D eigenvalue weighted by Crippen LogP contribution is -2.43. The predicted octanol–water partition coefficient (Wildman–Crippen LogP) is 16.0. The largest absolute Gasteiger partial charge is 0.410 e. The van der Waals surface area contributed by atoms with E-state index >= 15 is 0 Å². The van der Waals surface area contributed by atoms with Gasteiger partial charge < -0.3 is 28.0 Å². The molecule has 2 aliphatic heterocycles. The first-order chi connectivity index (χ1) is 37.3. The molecule has 4 atom stereocenters. The summed E-state index contributed by atoms with van der Waals surface area (Å²) in [7, 11) is -3.89. The minimum atomic E-state index is -1.96. The molecule has 404 valence electrons. The second kappa shape index (κ2) is 19.0. The molecule has 5 aromatic carbocycles. The van der Waals surface area contributed by atoms with Crippen molar-refractivity contribution in [1.29, 1.82) is 0 Å². The third-order valence-electron chi connectivity index (χ3n) is 17.5. The Morgan fingerprint density at radius 1 is 0.570 bits per heavy atom. The van der Waals surface area contributed by atoms with Crippen LogP contribution in [0.15, 0.2) is 124 Å². The van der Waals surface area contributed by atoms with Crippen LogP contribution >= 0.6 is 43.5 Å². The molecule has 0 saturated carbocycles. The maximum absolute atomic E-state index is 13.4. The van der Waals surface area contributed by atoms with E-state index in [2.05, 4.69) is 172 Å². The van der Waals surface area contributed by atoms with Crippen molar-refractivity contribution in [3.05, 3.63) is 152 Å². The number of aromatic nitrogens is 4. The number of carbonyl (C=O) groups is 4. The molecule has 0 saturated heterocycles. The van der Waals surface area contributed by atoms with Gasteiger partial charge in [0.15, 0.2) is 16.6 Å². The van der Waals surface area contributed by atoms with Crippen molar-refractivity contribution in [3.63, 3.8) is 0 Å². The smallest absolute Gasteiger partial charge is 0.259 e. The summed E-state index contributed by atoms with van der Waals surface area (Å²) in [5.74, 6) is -1.56. The highest BCUT2D eigenvalue weighted by molar-refractivity contribution is 9.10. The molecule has 4 aliphatic rings. The second-order valence-corrected chi connectivity index (χ2v) is 36.1. The Morgan fingerprint density at radius 3 is 1.72 bits per heavy atom.